The molecular formula is C8H11BrN2O. The van der Waals surface area contributed by atoms with Crippen LogP contribution in [0.4, 0.5) is 0 Å². The Morgan fingerprint density at radius 1 is 1.50 bits per heavy atom. The van der Waals surface area contributed by atoms with E-state index >= 15 is 0 Å². The maximum Gasteiger partial charge on any atom is 0.144 e. The fourth-order valence-corrected chi connectivity index (χ4v) is 1.22. The summed E-state index contributed by atoms with van der Waals surface area (Å²) in [6, 6.07) is 0. The SMILES string of the molecule is CNC1=CNC=C(Br)C=C1OC. The molecule has 1 rings (SSSR count). The summed E-state index contributed by atoms with van der Waals surface area (Å²) in [6.45, 7) is 0. The van der Waals surface area contributed by atoms with Crippen molar-refractivity contribution in [3.05, 3.63) is 34.4 Å². The van der Waals surface area contributed by atoms with Gasteiger partial charge in [-0.1, -0.05) is 0 Å². The van der Waals surface area contributed by atoms with Gasteiger partial charge < -0.3 is 15.4 Å². The number of halogens is 1. The van der Waals surface area contributed by atoms with Crippen LogP contribution in [0.25, 0.3) is 0 Å². The first kappa shape index (κ1) is 9.19. The van der Waals surface area contributed by atoms with Gasteiger partial charge in [0.15, 0.2) is 0 Å². The highest BCUT2D eigenvalue weighted by Gasteiger charge is 2.05. The van der Waals surface area contributed by atoms with Crippen molar-refractivity contribution in [2.24, 2.45) is 0 Å². The summed E-state index contributed by atoms with van der Waals surface area (Å²) >= 11 is 3.36. The summed E-state index contributed by atoms with van der Waals surface area (Å²) in [5, 5.41) is 6.01. The lowest BCUT2D eigenvalue weighted by atomic mass is 10.3. The lowest BCUT2D eigenvalue weighted by Crippen LogP contribution is -2.11. The van der Waals surface area contributed by atoms with Gasteiger partial charge in [-0.25, -0.2) is 0 Å². The van der Waals surface area contributed by atoms with Crippen LogP contribution in [0.3, 0.4) is 0 Å². The molecule has 4 heteroatoms. The van der Waals surface area contributed by atoms with Gasteiger partial charge in [0, 0.05) is 23.9 Å². The summed E-state index contributed by atoms with van der Waals surface area (Å²) in [5.41, 5.74) is 0.920. The van der Waals surface area contributed by atoms with Crippen molar-refractivity contribution < 1.29 is 4.74 Å². The van der Waals surface area contributed by atoms with Gasteiger partial charge in [-0.2, -0.15) is 0 Å². The zero-order valence-corrected chi connectivity index (χ0v) is 8.60. The molecule has 1 heterocycles. The van der Waals surface area contributed by atoms with Crippen molar-refractivity contribution in [3.63, 3.8) is 0 Å². The minimum Gasteiger partial charge on any atom is -0.494 e. The van der Waals surface area contributed by atoms with Crippen molar-refractivity contribution in [2.75, 3.05) is 14.2 Å². The predicted octanol–water partition coefficient (Wildman–Crippen LogP) is 1.42. The molecule has 0 fully saturated rings. The van der Waals surface area contributed by atoms with E-state index in [1.165, 1.54) is 0 Å². The van der Waals surface area contributed by atoms with E-state index in [0.717, 1.165) is 15.9 Å². The first-order chi connectivity index (χ1) is 5.77. The highest BCUT2D eigenvalue weighted by Crippen LogP contribution is 2.16. The van der Waals surface area contributed by atoms with E-state index in [1.54, 1.807) is 7.11 Å². The molecular weight excluding hydrogens is 220 g/mol. The van der Waals surface area contributed by atoms with Crippen LogP contribution in [-0.4, -0.2) is 14.2 Å². The molecule has 0 aromatic rings. The van der Waals surface area contributed by atoms with Crippen LogP contribution in [-0.2, 0) is 4.74 Å². The van der Waals surface area contributed by atoms with Crippen LogP contribution < -0.4 is 10.6 Å². The first-order valence-electron chi connectivity index (χ1n) is 3.53. The molecule has 12 heavy (non-hydrogen) atoms. The molecule has 0 aromatic carbocycles. The van der Waals surface area contributed by atoms with E-state index in [4.69, 9.17) is 4.74 Å². The van der Waals surface area contributed by atoms with Crippen molar-refractivity contribution >= 4 is 15.9 Å². The minimum atomic E-state index is 0.797. The Labute approximate surface area is 80.3 Å². The third kappa shape index (κ3) is 2.04. The van der Waals surface area contributed by atoms with Crippen molar-refractivity contribution in [3.8, 4) is 0 Å². The summed E-state index contributed by atoms with van der Waals surface area (Å²) in [4.78, 5) is 0. The molecule has 0 saturated heterocycles. The van der Waals surface area contributed by atoms with E-state index in [1.807, 2.05) is 25.5 Å². The Morgan fingerprint density at radius 2 is 2.25 bits per heavy atom. The molecule has 2 N–H and O–H groups in total. The Bertz CT molecular complexity index is 256. The van der Waals surface area contributed by atoms with E-state index in [0.29, 0.717) is 0 Å². The quantitative estimate of drug-likeness (QED) is 0.753. The third-order valence-electron chi connectivity index (χ3n) is 1.47. The van der Waals surface area contributed by atoms with Gasteiger partial charge >= 0.3 is 0 Å². The summed E-state index contributed by atoms with van der Waals surface area (Å²) < 4.78 is 6.11. The van der Waals surface area contributed by atoms with Gasteiger partial charge in [0.25, 0.3) is 0 Å². The van der Waals surface area contributed by atoms with Gasteiger partial charge in [0.1, 0.15) is 5.76 Å². The molecule has 66 valence electrons. The van der Waals surface area contributed by atoms with Crippen LogP contribution in [0, 0.1) is 0 Å². The molecule has 0 spiro atoms. The molecule has 0 amide bonds. The number of ether oxygens (including phenoxy) is 1. The van der Waals surface area contributed by atoms with Gasteiger partial charge in [-0.05, 0) is 22.0 Å². The lowest BCUT2D eigenvalue weighted by molar-refractivity contribution is 0.297. The van der Waals surface area contributed by atoms with Crippen LogP contribution in [0.2, 0.25) is 0 Å². The maximum absolute atomic E-state index is 5.16. The fourth-order valence-electron chi connectivity index (χ4n) is 0.885. The average Bonchev–Trinajstić information content (AvgIpc) is 2.26. The monoisotopic (exact) mass is 230 g/mol. The number of rotatable bonds is 2. The van der Waals surface area contributed by atoms with E-state index in [-0.39, 0.29) is 0 Å². The first-order valence-corrected chi connectivity index (χ1v) is 4.33. The van der Waals surface area contributed by atoms with Crippen molar-refractivity contribution in [1.29, 1.82) is 0 Å². The second-order valence-electron chi connectivity index (χ2n) is 2.22. The maximum atomic E-state index is 5.16. The standard InChI is InChI=1S/C8H11BrN2O/c1-10-7-5-11-4-6(9)3-8(7)12-2/h3-5,10-11H,1-2H3. The van der Waals surface area contributed by atoms with Gasteiger partial charge in [-0.15, -0.1) is 0 Å². The van der Waals surface area contributed by atoms with E-state index in [9.17, 15) is 0 Å². The van der Waals surface area contributed by atoms with Crippen LogP contribution in [0.5, 0.6) is 0 Å². The molecule has 1 aliphatic rings. The zero-order chi connectivity index (χ0) is 8.97. The Hall–Kier alpha value is -0.900. The molecule has 0 aliphatic carbocycles. The van der Waals surface area contributed by atoms with E-state index < -0.39 is 0 Å². The largest absolute Gasteiger partial charge is 0.494 e. The molecule has 0 unspecified atom stereocenters. The minimum absolute atomic E-state index is 0.797. The third-order valence-corrected chi connectivity index (χ3v) is 1.93. The predicted molar refractivity (Wildman–Crippen MR) is 52.4 cm³/mol. The summed E-state index contributed by atoms with van der Waals surface area (Å²) in [6.07, 6.45) is 5.56. The second-order valence-corrected chi connectivity index (χ2v) is 3.13. The van der Waals surface area contributed by atoms with Crippen LogP contribution in [0.1, 0.15) is 0 Å². The molecule has 0 aromatic heterocycles. The number of methoxy groups -OCH3 is 1. The van der Waals surface area contributed by atoms with Crippen molar-refractivity contribution in [2.45, 2.75) is 0 Å². The number of hydrogen-bond acceptors (Lipinski definition) is 3. The molecule has 0 atom stereocenters. The van der Waals surface area contributed by atoms with Crippen molar-refractivity contribution in [1.82, 2.24) is 10.6 Å². The number of allylic oxidation sites excluding steroid dienone is 2. The van der Waals surface area contributed by atoms with E-state index in [2.05, 4.69) is 26.6 Å². The van der Waals surface area contributed by atoms with Crippen LogP contribution >= 0.6 is 15.9 Å². The topological polar surface area (TPSA) is 33.3 Å². The molecule has 0 radical (unpaired) electrons. The average molecular weight is 231 g/mol. The smallest absolute Gasteiger partial charge is 0.144 e. The van der Waals surface area contributed by atoms with Gasteiger partial charge in [0.2, 0.25) is 0 Å². The number of likely N-dealkylation sites (N-methyl/N-ethyl adjacent to an activating group) is 1. The molecule has 0 bridgehead atoms. The normalized spacial score (nSPS) is 16.4. The summed E-state index contributed by atoms with van der Waals surface area (Å²) in [7, 11) is 3.49. The van der Waals surface area contributed by atoms with Gasteiger partial charge in [0.05, 0.1) is 12.8 Å². The Kier molecular flexibility index (Phi) is 3.22. The zero-order valence-electron chi connectivity index (χ0n) is 7.02. The molecule has 1 aliphatic heterocycles. The number of nitrogens with one attached hydrogen (secondary N) is 2. The molecule has 3 nitrogen and oxygen atoms in total. The van der Waals surface area contributed by atoms with Crippen LogP contribution in [0.15, 0.2) is 34.4 Å². The number of hydrogen-bond donors (Lipinski definition) is 2. The second kappa shape index (κ2) is 4.21. The Morgan fingerprint density at radius 3 is 2.83 bits per heavy atom. The lowest BCUT2D eigenvalue weighted by Gasteiger charge is -2.08. The fraction of sp³-hybridized carbons (Fsp3) is 0.250. The Balaban J connectivity index is 2.91. The highest BCUT2D eigenvalue weighted by molar-refractivity contribution is 9.11. The summed E-state index contributed by atoms with van der Waals surface area (Å²) in [5.74, 6) is 0.797. The highest BCUT2D eigenvalue weighted by atomic mass is 79.9. The van der Waals surface area contributed by atoms with Gasteiger partial charge in [-0.3, -0.25) is 0 Å². The molecule has 0 saturated carbocycles.